The van der Waals surface area contributed by atoms with Crippen LogP contribution >= 0.6 is 0 Å². The smallest absolute Gasteiger partial charge is 0.259 e. The zero-order chi connectivity index (χ0) is 19.6. The van der Waals surface area contributed by atoms with E-state index in [1.54, 1.807) is 19.9 Å². The molecule has 6 heteroatoms. The van der Waals surface area contributed by atoms with Crippen LogP contribution < -0.4 is 4.31 Å². The summed E-state index contributed by atoms with van der Waals surface area (Å²) in [4.78, 5) is -0.0623. The van der Waals surface area contributed by atoms with Crippen LogP contribution in [0.15, 0.2) is 77.7 Å². The van der Waals surface area contributed by atoms with Gasteiger partial charge in [0, 0.05) is 0 Å². The summed E-state index contributed by atoms with van der Waals surface area (Å²) in [5, 5.41) is 0. The quantitative estimate of drug-likeness (QED) is 0.601. The molecule has 0 aliphatic rings. The fourth-order valence-corrected chi connectivity index (χ4v) is 4.51. The van der Waals surface area contributed by atoms with Crippen molar-refractivity contribution in [3.05, 3.63) is 95.6 Å². The maximum atomic E-state index is 14.2. The first-order valence-corrected chi connectivity index (χ1v) is 9.86. The summed E-state index contributed by atoms with van der Waals surface area (Å²) >= 11 is 0. The van der Waals surface area contributed by atoms with Crippen LogP contribution in [0.2, 0.25) is 0 Å². The first-order chi connectivity index (χ1) is 12.8. The lowest BCUT2D eigenvalue weighted by Crippen LogP contribution is -2.33. The second kappa shape index (κ2) is 7.48. The van der Waals surface area contributed by atoms with E-state index in [1.807, 2.05) is 30.3 Å². The van der Waals surface area contributed by atoms with E-state index in [0.29, 0.717) is 5.56 Å². The Balaban J connectivity index is 2.17. The molecule has 0 radical (unpaired) electrons. The lowest BCUT2D eigenvalue weighted by atomic mass is 10.1. The van der Waals surface area contributed by atoms with Gasteiger partial charge >= 0.3 is 0 Å². The van der Waals surface area contributed by atoms with Crippen molar-refractivity contribution >= 4 is 15.7 Å². The Morgan fingerprint density at radius 1 is 0.889 bits per heavy atom. The van der Waals surface area contributed by atoms with E-state index in [0.717, 1.165) is 22.0 Å². The van der Waals surface area contributed by atoms with Crippen LogP contribution in [0.3, 0.4) is 0 Å². The van der Waals surface area contributed by atoms with Crippen LogP contribution in [0, 0.1) is 18.6 Å². The molecule has 0 fully saturated rings. The first-order valence-electron chi connectivity index (χ1n) is 8.42. The van der Waals surface area contributed by atoms with Gasteiger partial charge in [0.1, 0.15) is 11.6 Å². The molecule has 140 valence electrons. The molecule has 0 heterocycles. The average Bonchev–Trinajstić information content (AvgIpc) is 2.65. The largest absolute Gasteiger partial charge is 0.264 e. The number of hydrogen-bond acceptors (Lipinski definition) is 2. The Labute approximate surface area is 157 Å². The molecule has 27 heavy (non-hydrogen) atoms. The number of hydrogen-bond donors (Lipinski definition) is 0. The highest BCUT2D eigenvalue weighted by atomic mass is 32.2. The third-order valence-electron chi connectivity index (χ3n) is 4.41. The summed E-state index contributed by atoms with van der Waals surface area (Å²) < 4.78 is 55.3. The molecule has 1 atom stereocenters. The fraction of sp³-hybridized carbons (Fsp3) is 0.143. The van der Waals surface area contributed by atoms with Crippen LogP contribution in [-0.4, -0.2) is 8.42 Å². The number of nitrogens with zero attached hydrogens (tertiary/aromatic N) is 1. The molecule has 0 saturated heterocycles. The molecular formula is C21H19F2NO2S. The summed E-state index contributed by atoms with van der Waals surface area (Å²) in [6.45, 7) is 3.34. The van der Waals surface area contributed by atoms with E-state index >= 15 is 0 Å². The van der Waals surface area contributed by atoms with Crippen LogP contribution in [-0.2, 0) is 10.0 Å². The van der Waals surface area contributed by atoms with Crippen LogP contribution in [0.4, 0.5) is 14.5 Å². The molecule has 0 aliphatic carbocycles. The number of benzene rings is 3. The van der Waals surface area contributed by atoms with Gasteiger partial charge in [0.15, 0.2) is 0 Å². The van der Waals surface area contributed by atoms with Crippen molar-refractivity contribution in [3.8, 4) is 0 Å². The van der Waals surface area contributed by atoms with E-state index < -0.39 is 27.7 Å². The lowest BCUT2D eigenvalue weighted by molar-refractivity contribution is 0.581. The minimum absolute atomic E-state index is 0.0623. The maximum absolute atomic E-state index is 14.2. The average molecular weight is 387 g/mol. The van der Waals surface area contributed by atoms with Crippen LogP contribution in [0.25, 0.3) is 0 Å². The monoisotopic (exact) mass is 387 g/mol. The van der Waals surface area contributed by atoms with Gasteiger partial charge in [0.2, 0.25) is 0 Å². The van der Waals surface area contributed by atoms with E-state index in [4.69, 9.17) is 0 Å². The van der Waals surface area contributed by atoms with E-state index in [9.17, 15) is 17.2 Å². The molecule has 0 saturated carbocycles. The molecule has 0 aliphatic heterocycles. The Hall–Kier alpha value is -2.73. The molecule has 3 aromatic carbocycles. The molecular weight excluding hydrogens is 368 g/mol. The SMILES string of the molecule is Cc1ccc(N(C(C)c2ccccc2)S(=O)(=O)c2ccc(F)cc2)cc1F. The van der Waals surface area contributed by atoms with E-state index in [-0.39, 0.29) is 10.6 Å². The minimum atomic E-state index is -4.05. The number of anilines is 1. The Bertz CT molecular complexity index is 1040. The summed E-state index contributed by atoms with van der Waals surface area (Å²) in [5.41, 5.74) is 1.38. The van der Waals surface area contributed by atoms with Crippen LogP contribution in [0.5, 0.6) is 0 Å². The molecule has 3 nitrogen and oxygen atoms in total. The van der Waals surface area contributed by atoms with Gasteiger partial charge < -0.3 is 0 Å². The predicted molar refractivity (Wildman–Crippen MR) is 102 cm³/mol. The third kappa shape index (κ3) is 3.85. The zero-order valence-corrected chi connectivity index (χ0v) is 15.7. The Kier molecular flexibility index (Phi) is 5.28. The Morgan fingerprint density at radius 3 is 2.11 bits per heavy atom. The van der Waals surface area contributed by atoms with Gasteiger partial charge in [-0.15, -0.1) is 0 Å². The van der Waals surface area contributed by atoms with E-state index in [1.165, 1.54) is 24.3 Å². The van der Waals surface area contributed by atoms with Gasteiger partial charge in [0.05, 0.1) is 16.6 Å². The van der Waals surface area contributed by atoms with Crippen molar-refractivity contribution < 1.29 is 17.2 Å². The summed E-state index contributed by atoms with van der Waals surface area (Å²) in [5.74, 6) is -1.02. The maximum Gasteiger partial charge on any atom is 0.264 e. The molecule has 3 aromatic rings. The second-order valence-electron chi connectivity index (χ2n) is 6.27. The van der Waals surface area contributed by atoms with Crippen LogP contribution in [0.1, 0.15) is 24.1 Å². The molecule has 0 bridgehead atoms. The molecule has 0 N–H and O–H groups in total. The fourth-order valence-electron chi connectivity index (χ4n) is 2.88. The lowest BCUT2D eigenvalue weighted by Gasteiger charge is -2.31. The van der Waals surface area contributed by atoms with Gasteiger partial charge in [-0.3, -0.25) is 4.31 Å². The van der Waals surface area contributed by atoms with Crippen molar-refractivity contribution in [2.24, 2.45) is 0 Å². The summed E-state index contributed by atoms with van der Waals surface area (Å²) in [6, 6.07) is 17.4. The standard InChI is InChI=1S/C21H19F2NO2S/c1-15-8-11-19(14-21(15)23)24(16(2)17-6-4-3-5-7-17)27(25,26)20-12-9-18(22)10-13-20/h3-14,16H,1-2H3. The third-order valence-corrected chi connectivity index (χ3v) is 6.33. The molecule has 0 aromatic heterocycles. The molecule has 0 amide bonds. The van der Waals surface area contributed by atoms with Gasteiger partial charge in [-0.25, -0.2) is 17.2 Å². The first kappa shape index (κ1) is 19.0. The van der Waals surface area contributed by atoms with Crippen molar-refractivity contribution in [2.45, 2.75) is 24.8 Å². The summed E-state index contributed by atoms with van der Waals surface area (Å²) in [6.07, 6.45) is 0. The molecule has 1 unspecified atom stereocenters. The van der Waals surface area contributed by atoms with Crippen molar-refractivity contribution in [1.82, 2.24) is 0 Å². The van der Waals surface area contributed by atoms with Gasteiger partial charge in [0.25, 0.3) is 10.0 Å². The predicted octanol–water partition coefficient (Wildman–Crippen LogP) is 5.23. The topological polar surface area (TPSA) is 37.4 Å². The highest BCUT2D eigenvalue weighted by molar-refractivity contribution is 7.92. The normalized spacial score (nSPS) is 12.6. The number of aryl methyl sites for hydroxylation is 1. The van der Waals surface area contributed by atoms with Gasteiger partial charge in [-0.2, -0.15) is 0 Å². The number of halogens is 2. The van der Waals surface area contributed by atoms with Crippen molar-refractivity contribution in [1.29, 1.82) is 0 Å². The zero-order valence-electron chi connectivity index (χ0n) is 14.9. The number of rotatable bonds is 5. The van der Waals surface area contributed by atoms with Crippen molar-refractivity contribution in [3.63, 3.8) is 0 Å². The van der Waals surface area contributed by atoms with Gasteiger partial charge in [-0.1, -0.05) is 36.4 Å². The second-order valence-corrected chi connectivity index (χ2v) is 8.09. The van der Waals surface area contributed by atoms with Gasteiger partial charge in [-0.05, 0) is 61.4 Å². The molecule has 0 spiro atoms. The Morgan fingerprint density at radius 2 is 1.52 bits per heavy atom. The number of sulfonamides is 1. The molecule has 3 rings (SSSR count). The van der Waals surface area contributed by atoms with E-state index in [2.05, 4.69) is 0 Å². The highest BCUT2D eigenvalue weighted by Crippen LogP contribution is 2.34. The summed E-state index contributed by atoms with van der Waals surface area (Å²) in [7, 11) is -4.05. The minimum Gasteiger partial charge on any atom is -0.259 e. The van der Waals surface area contributed by atoms with Crippen molar-refractivity contribution in [2.75, 3.05) is 4.31 Å². The highest BCUT2D eigenvalue weighted by Gasteiger charge is 2.30.